The van der Waals surface area contributed by atoms with Gasteiger partial charge in [0.25, 0.3) is 5.91 Å². The van der Waals surface area contributed by atoms with E-state index < -0.39 is 24.7 Å². The Bertz CT molecular complexity index is 937. The van der Waals surface area contributed by atoms with Crippen LogP contribution in [-0.4, -0.2) is 53.8 Å². The number of fused-ring (bicyclic) bond motifs is 4. The molecule has 1 saturated heterocycles. The second kappa shape index (κ2) is 7.22. The van der Waals surface area contributed by atoms with Crippen LogP contribution in [0.1, 0.15) is 16.9 Å². The van der Waals surface area contributed by atoms with Crippen LogP contribution in [-0.2, 0) is 0 Å². The molecule has 0 radical (unpaired) electrons. The highest BCUT2D eigenvalue weighted by Gasteiger charge is 2.40. The Morgan fingerprint density at radius 2 is 2.03 bits per heavy atom. The summed E-state index contributed by atoms with van der Waals surface area (Å²) < 4.78 is 37.1. The second-order valence-corrected chi connectivity index (χ2v) is 6.74. The van der Waals surface area contributed by atoms with E-state index in [1.165, 1.54) is 11.0 Å². The zero-order valence-electron chi connectivity index (χ0n) is 15.1. The summed E-state index contributed by atoms with van der Waals surface area (Å²) >= 11 is 0. The van der Waals surface area contributed by atoms with Crippen LogP contribution < -0.4 is 20.4 Å². The lowest BCUT2D eigenvalue weighted by molar-refractivity contribution is -0.123. The average molecular weight is 406 g/mol. The standard InChI is InChI=1S/C18H17F3N6O2/c19-18(20,21)10-23-16(28)12-4-5-13-15(24-12)27(11-6-8-26(13)9-11)17(29)25-14-3-1-2-7-22-14/h1-5,7,11H,6,8-10H2,(H,23,28)(H,22,25,29). The van der Waals surface area contributed by atoms with Gasteiger partial charge in [0.15, 0.2) is 5.82 Å². The van der Waals surface area contributed by atoms with Crippen molar-refractivity contribution in [2.75, 3.05) is 34.8 Å². The van der Waals surface area contributed by atoms with Crippen molar-refractivity contribution >= 4 is 29.3 Å². The molecule has 4 rings (SSSR count). The minimum Gasteiger partial charge on any atom is -0.366 e. The molecule has 11 heteroatoms. The fourth-order valence-corrected chi connectivity index (χ4v) is 3.48. The lowest BCUT2D eigenvalue weighted by atomic mass is 10.1. The Morgan fingerprint density at radius 3 is 2.76 bits per heavy atom. The van der Waals surface area contributed by atoms with E-state index in [0.717, 1.165) is 0 Å². The van der Waals surface area contributed by atoms with E-state index in [4.69, 9.17) is 0 Å². The van der Waals surface area contributed by atoms with Gasteiger partial charge < -0.3 is 10.2 Å². The minimum atomic E-state index is -4.52. The Balaban J connectivity index is 1.62. The number of alkyl halides is 3. The first-order chi connectivity index (χ1) is 13.8. The monoisotopic (exact) mass is 406 g/mol. The third kappa shape index (κ3) is 3.93. The number of nitrogens with one attached hydrogen (secondary N) is 2. The van der Waals surface area contributed by atoms with E-state index in [-0.39, 0.29) is 17.6 Å². The number of nitrogens with zero attached hydrogens (tertiary/aromatic N) is 4. The highest BCUT2D eigenvalue weighted by atomic mass is 19.4. The maximum atomic E-state index is 12.9. The van der Waals surface area contributed by atoms with Gasteiger partial charge in [0, 0.05) is 19.3 Å². The zero-order chi connectivity index (χ0) is 20.6. The van der Waals surface area contributed by atoms with Gasteiger partial charge in [-0.2, -0.15) is 13.2 Å². The first-order valence-electron chi connectivity index (χ1n) is 8.94. The third-order valence-electron chi connectivity index (χ3n) is 4.75. The quantitative estimate of drug-likeness (QED) is 0.817. The number of anilines is 3. The van der Waals surface area contributed by atoms with Gasteiger partial charge in [-0.05, 0) is 30.7 Å². The number of aromatic nitrogens is 2. The maximum Gasteiger partial charge on any atom is 0.405 e. The number of carbonyl (C=O) groups is 2. The number of hydrogen-bond acceptors (Lipinski definition) is 5. The molecule has 1 unspecified atom stereocenters. The molecule has 0 saturated carbocycles. The summed E-state index contributed by atoms with van der Waals surface area (Å²) in [5.41, 5.74) is 0.466. The van der Waals surface area contributed by atoms with E-state index in [2.05, 4.69) is 15.3 Å². The molecule has 29 heavy (non-hydrogen) atoms. The SMILES string of the molecule is O=C(NCC(F)(F)F)c1ccc2c(n1)N(C(=O)Nc1ccccn1)C1CCN2C1. The van der Waals surface area contributed by atoms with Gasteiger partial charge in [0.1, 0.15) is 18.1 Å². The minimum absolute atomic E-state index is 0.160. The van der Waals surface area contributed by atoms with Crippen LogP contribution in [0.5, 0.6) is 0 Å². The van der Waals surface area contributed by atoms with Crippen LogP contribution in [0.2, 0.25) is 0 Å². The number of hydrogen-bond donors (Lipinski definition) is 2. The lowest BCUT2D eigenvalue weighted by Crippen LogP contribution is -2.48. The molecular weight excluding hydrogens is 389 g/mol. The van der Waals surface area contributed by atoms with Crippen LogP contribution in [0.15, 0.2) is 36.5 Å². The van der Waals surface area contributed by atoms with Crippen molar-refractivity contribution in [2.24, 2.45) is 0 Å². The fourth-order valence-electron chi connectivity index (χ4n) is 3.48. The van der Waals surface area contributed by atoms with Crippen molar-refractivity contribution in [3.8, 4) is 0 Å². The van der Waals surface area contributed by atoms with Crippen molar-refractivity contribution < 1.29 is 22.8 Å². The van der Waals surface area contributed by atoms with Gasteiger partial charge in [0.05, 0.1) is 11.7 Å². The molecule has 2 aromatic heterocycles. The molecule has 0 aliphatic carbocycles. The molecule has 2 bridgehead atoms. The smallest absolute Gasteiger partial charge is 0.366 e. The number of carbonyl (C=O) groups excluding carboxylic acids is 2. The molecule has 2 aliphatic heterocycles. The molecule has 152 valence electrons. The van der Waals surface area contributed by atoms with Gasteiger partial charge in [0.2, 0.25) is 0 Å². The fraction of sp³-hybridized carbons (Fsp3) is 0.333. The number of urea groups is 1. The van der Waals surface area contributed by atoms with Gasteiger partial charge in [-0.3, -0.25) is 15.0 Å². The number of pyridine rings is 2. The van der Waals surface area contributed by atoms with Crippen molar-refractivity contribution in [2.45, 2.75) is 18.6 Å². The topological polar surface area (TPSA) is 90.5 Å². The number of halogens is 3. The second-order valence-electron chi connectivity index (χ2n) is 6.74. The Morgan fingerprint density at radius 1 is 1.21 bits per heavy atom. The summed E-state index contributed by atoms with van der Waals surface area (Å²) in [5, 5.41) is 4.50. The Kier molecular flexibility index (Phi) is 4.73. The third-order valence-corrected chi connectivity index (χ3v) is 4.75. The molecule has 2 aromatic rings. The molecule has 1 fully saturated rings. The molecule has 2 N–H and O–H groups in total. The summed E-state index contributed by atoms with van der Waals surface area (Å²) in [4.78, 5) is 36.8. The van der Waals surface area contributed by atoms with Gasteiger partial charge >= 0.3 is 12.2 Å². The predicted molar refractivity (Wildman–Crippen MR) is 99.0 cm³/mol. The zero-order valence-corrected chi connectivity index (χ0v) is 15.1. The highest BCUT2D eigenvalue weighted by molar-refractivity contribution is 6.05. The lowest BCUT2D eigenvalue weighted by Gasteiger charge is -2.35. The van der Waals surface area contributed by atoms with Crippen LogP contribution in [0.3, 0.4) is 0 Å². The first kappa shape index (κ1) is 19.0. The van der Waals surface area contributed by atoms with Gasteiger partial charge in [-0.25, -0.2) is 14.8 Å². The predicted octanol–water partition coefficient (Wildman–Crippen LogP) is 2.40. The molecule has 2 aliphatic rings. The van der Waals surface area contributed by atoms with E-state index in [0.29, 0.717) is 31.0 Å². The van der Waals surface area contributed by atoms with Crippen LogP contribution in [0, 0.1) is 0 Å². The highest BCUT2D eigenvalue weighted by Crippen LogP contribution is 2.39. The summed E-state index contributed by atoms with van der Waals surface area (Å²) in [7, 11) is 0. The van der Waals surface area contributed by atoms with Crippen molar-refractivity contribution in [3.63, 3.8) is 0 Å². The first-order valence-corrected chi connectivity index (χ1v) is 8.94. The molecule has 4 heterocycles. The van der Waals surface area contributed by atoms with Crippen LogP contribution in [0.25, 0.3) is 0 Å². The maximum absolute atomic E-state index is 12.9. The largest absolute Gasteiger partial charge is 0.405 e. The van der Waals surface area contributed by atoms with Gasteiger partial charge in [-0.1, -0.05) is 6.07 Å². The molecule has 0 spiro atoms. The summed E-state index contributed by atoms with van der Waals surface area (Å²) in [6.07, 6.45) is -2.27. The van der Waals surface area contributed by atoms with Crippen LogP contribution >= 0.6 is 0 Å². The van der Waals surface area contributed by atoms with Crippen molar-refractivity contribution in [3.05, 3.63) is 42.2 Å². The van der Waals surface area contributed by atoms with E-state index in [9.17, 15) is 22.8 Å². The molecular formula is C18H17F3N6O2. The number of rotatable bonds is 3. The summed E-state index contributed by atoms with van der Waals surface area (Å²) in [6.45, 7) is -0.126. The molecule has 3 amide bonds. The van der Waals surface area contributed by atoms with Crippen molar-refractivity contribution in [1.82, 2.24) is 15.3 Å². The average Bonchev–Trinajstić information content (AvgIpc) is 3.10. The number of amides is 3. The van der Waals surface area contributed by atoms with Crippen LogP contribution in [0.4, 0.5) is 35.3 Å². The van der Waals surface area contributed by atoms with Crippen molar-refractivity contribution in [1.29, 1.82) is 0 Å². The van der Waals surface area contributed by atoms with E-state index in [1.54, 1.807) is 35.8 Å². The Hall–Kier alpha value is -3.37. The molecule has 0 aromatic carbocycles. The Labute approximate surface area is 163 Å². The van der Waals surface area contributed by atoms with Gasteiger partial charge in [-0.15, -0.1) is 0 Å². The normalized spacial score (nSPS) is 17.7. The molecule has 1 atom stereocenters. The molecule has 8 nitrogen and oxygen atoms in total. The van der Waals surface area contributed by atoms with E-state index >= 15 is 0 Å². The summed E-state index contributed by atoms with van der Waals surface area (Å²) in [5.74, 6) is -0.353. The summed E-state index contributed by atoms with van der Waals surface area (Å²) in [6, 6.07) is 7.42. The van der Waals surface area contributed by atoms with E-state index in [1.807, 2.05) is 4.90 Å².